The first-order valence-electron chi connectivity index (χ1n) is 10.9. The Hall–Kier alpha value is -3.16. The van der Waals surface area contributed by atoms with Crippen LogP contribution in [0.2, 0.25) is 0 Å². The van der Waals surface area contributed by atoms with Gasteiger partial charge in [0.25, 0.3) is 0 Å². The Morgan fingerprint density at radius 2 is 1.90 bits per heavy atom. The summed E-state index contributed by atoms with van der Waals surface area (Å²) in [6, 6.07) is 6.30. The molecule has 2 aliphatic carbocycles. The standard InChI is InChI=1S/C23H26FN5O2/c24-19-10-16(18-5-6-25-21-20(18)28-23(31)29-21)3-4-17(19)12-27-22(30)26-11-15-8-13-1-2-14(7-13)9-15/h3-6,10,13-15H,1-2,7-9,11-12H2,(H2,26,27,30)(H2,25,28,29,31). The van der Waals surface area contributed by atoms with Crippen LogP contribution in [-0.2, 0) is 6.54 Å². The molecule has 2 amide bonds. The van der Waals surface area contributed by atoms with E-state index in [1.807, 2.05) is 0 Å². The van der Waals surface area contributed by atoms with Gasteiger partial charge in [-0.3, -0.25) is 4.98 Å². The highest BCUT2D eigenvalue weighted by atomic mass is 19.1. The van der Waals surface area contributed by atoms with Gasteiger partial charge in [0.1, 0.15) is 5.82 Å². The normalized spacial score (nSPS) is 22.5. The summed E-state index contributed by atoms with van der Waals surface area (Å²) in [5, 5.41) is 5.71. The predicted octanol–water partition coefficient (Wildman–Crippen LogP) is 3.68. The number of aromatic amines is 2. The lowest BCUT2D eigenvalue weighted by atomic mass is 9.81. The molecular formula is C23H26FN5O2. The van der Waals surface area contributed by atoms with E-state index < -0.39 is 5.82 Å². The molecule has 2 saturated carbocycles. The number of hydrogen-bond acceptors (Lipinski definition) is 3. The number of aromatic nitrogens is 3. The summed E-state index contributed by atoms with van der Waals surface area (Å²) < 4.78 is 14.7. The fraction of sp³-hybridized carbons (Fsp3) is 0.435. The molecular weight excluding hydrogens is 397 g/mol. The first kappa shape index (κ1) is 19.8. The van der Waals surface area contributed by atoms with Gasteiger partial charge in [0, 0.05) is 30.4 Å². The number of benzene rings is 1. The lowest BCUT2D eigenvalue weighted by molar-refractivity contribution is 0.226. The van der Waals surface area contributed by atoms with Gasteiger partial charge in [-0.1, -0.05) is 25.0 Å². The minimum atomic E-state index is -0.412. The minimum Gasteiger partial charge on any atom is -0.338 e. The van der Waals surface area contributed by atoms with E-state index in [0.29, 0.717) is 40.3 Å². The Kier molecular flexibility index (Phi) is 5.21. The third kappa shape index (κ3) is 4.19. The number of nitrogens with zero attached hydrogens (tertiary/aromatic N) is 1. The van der Waals surface area contributed by atoms with Crippen molar-refractivity contribution >= 4 is 17.2 Å². The summed E-state index contributed by atoms with van der Waals surface area (Å²) in [5.74, 6) is 1.83. The van der Waals surface area contributed by atoms with Crippen molar-refractivity contribution in [3.63, 3.8) is 0 Å². The second kappa shape index (κ2) is 8.17. The van der Waals surface area contributed by atoms with E-state index in [1.54, 1.807) is 24.4 Å². The Morgan fingerprint density at radius 1 is 1.10 bits per heavy atom. The van der Waals surface area contributed by atoms with E-state index in [1.165, 1.54) is 38.2 Å². The first-order valence-corrected chi connectivity index (χ1v) is 10.9. The smallest absolute Gasteiger partial charge is 0.325 e. The lowest BCUT2D eigenvalue weighted by Gasteiger charge is -2.27. The molecule has 2 aliphatic rings. The van der Waals surface area contributed by atoms with E-state index >= 15 is 0 Å². The second-order valence-electron chi connectivity index (χ2n) is 8.91. The molecule has 2 fully saturated rings. The van der Waals surface area contributed by atoms with Crippen LogP contribution in [0.1, 0.15) is 37.7 Å². The van der Waals surface area contributed by atoms with Crippen LogP contribution in [0.3, 0.4) is 0 Å². The van der Waals surface area contributed by atoms with Crippen LogP contribution in [0.5, 0.6) is 0 Å². The van der Waals surface area contributed by atoms with Crippen molar-refractivity contribution in [2.75, 3.05) is 6.54 Å². The molecule has 3 aromatic rings. The molecule has 4 N–H and O–H groups in total. The van der Waals surface area contributed by atoms with Crippen LogP contribution < -0.4 is 16.3 Å². The largest absolute Gasteiger partial charge is 0.338 e. The lowest BCUT2D eigenvalue weighted by Crippen LogP contribution is -2.39. The summed E-state index contributed by atoms with van der Waals surface area (Å²) in [4.78, 5) is 33.2. The van der Waals surface area contributed by atoms with E-state index in [2.05, 4.69) is 25.6 Å². The highest BCUT2D eigenvalue weighted by Gasteiger charge is 2.33. The second-order valence-corrected chi connectivity index (χ2v) is 8.91. The molecule has 0 saturated heterocycles. The molecule has 2 heterocycles. The zero-order chi connectivity index (χ0) is 21.4. The van der Waals surface area contributed by atoms with Gasteiger partial charge in [-0.25, -0.2) is 19.0 Å². The van der Waals surface area contributed by atoms with Crippen LogP contribution in [-0.4, -0.2) is 27.5 Å². The number of carbonyl (C=O) groups excluding carboxylic acids is 1. The molecule has 2 unspecified atom stereocenters. The Labute approximate surface area is 178 Å². The molecule has 8 heteroatoms. The summed E-state index contributed by atoms with van der Waals surface area (Å²) in [6.07, 6.45) is 8.03. The minimum absolute atomic E-state index is 0.112. The van der Waals surface area contributed by atoms with Crippen LogP contribution >= 0.6 is 0 Å². The van der Waals surface area contributed by atoms with Gasteiger partial charge in [0.2, 0.25) is 0 Å². The number of fused-ring (bicyclic) bond motifs is 3. The van der Waals surface area contributed by atoms with Gasteiger partial charge in [-0.2, -0.15) is 0 Å². The molecule has 2 atom stereocenters. The molecule has 2 aromatic heterocycles. The van der Waals surface area contributed by atoms with Gasteiger partial charge in [0.15, 0.2) is 5.65 Å². The summed E-state index contributed by atoms with van der Waals surface area (Å²) in [5.41, 5.74) is 2.32. The van der Waals surface area contributed by atoms with Gasteiger partial charge < -0.3 is 15.6 Å². The topological polar surface area (TPSA) is 103 Å². The zero-order valence-corrected chi connectivity index (χ0v) is 17.2. The third-order valence-corrected chi connectivity index (χ3v) is 6.76. The number of rotatable bonds is 5. The molecule has 5 rings (SSSR count). The Bertz CT molecular complexity index is 1160. The summed E-state index contributed by atoms with van der Waals surface area (Å²) in [6.45, 7) is 0.799. The first-order chi connectivity index (χ1) is 15.0. The summed E-state index contributed by atoms with van der Waals surface area (Å²) in [7, 11) is 0. The molecule has 31 heavy (non-hydrogen) atoms. The number of nitrogens with one attached hydrogen (secondary N) is 4. The highest BCUT2D eigenvalue weighted by molar-refractivity contribution is 5.89. The number of hydrogen-bond donors (Lipinski definition) is 4. The van der Waals surface area contributed by atoms with Crippen molar-refractivity contribution in [1.29, 1.82) is 0 Å². The maximum Gasteiger partial charge on any atom is 0.325 e. The van der Waals surface area contributed by atoms with Crippen molar-refractivity contribution in [3.8, 4) is 11.1 Å². The van der Waals surface area contributed by atoms with E-state index in [9.17, 15) is 14.0 Å². The van der Waals surface area contributed by atoms with Gasteiger partial charge in [0.05, 0.1) is 5.52 Å². The van der Waals surface area contributed by atoms with E-state index in [0.717, 1.165) is 11.8 Å². The fourth-order valence-electron chi connectivity index (χ4n) is 5.32. The molecule has 0 spiro atoms. The number of pyridine rings is 1. The number of carbonyl (C=O) groups is 1. The summed E-state index contributed by atoms with van der Waals surface area (Å²) >= 11 is 0. The molecule has 0 aliphatic heterocycles. The average molecular weight is 423 g/mol. The third-order valence-electron chi connectivity index (χ3n) is 6.76. The van der Waals surface area contributed by atoms with Crippen molar-refractivity contribution < 1.29 is 9.18 Å². The number of imidazole rings is 1. The van der Waals surface area contributed by atoms with Crippen LogP contribution in [0.4, 0.5) is 9.18 Å². The molecule has 2 bridgehead atoms. The van der Waals surface area contributed by atoms with Crippen molar-refractivity contribution in [1.82, 2.24) is 25.6 Å². The van der Waals surface area contributed by atoms with Crippen molar-refractivity contribution in [2.45, 2.75) is 38.6 Å². The highest BCUT2D eigenvalue weighted by Crippen LogP contribution is 2.44. The Morgan fingerprint density at radius 3 is 2.68 bits per heavy atom. The zero-order valence-electron chi connectivity index (χ0n) is 17.2. The van der Waals surface area contributed by atoms with Gasteiger partial charge in [-0.05, 0) is 54.7 Å². The van der Waals surface area contributed by atoms with E-state index in [-0.39, 0.29) is 18.3 Å². The van der Waals surface area contributed by atoms with Crippen molar-refractivity contribution in [3.05, 3.63) is 52.3 Å². The molecule has 7 nitrogen and oxygen atoms in total. The molecule has 0 radical (unpaired) electrons. The molecule has 162 valence electrons. The Balaban J connectivity index is 1.19. The molecule has 1 aromatic carbocycles. The maximum atomic E-state index is 14.7. The van der Waals surface area contributed by atoms with Crippen LogP contribution in [0, 0.1) is 23.6 Å². The fourth-order valence-corrected chi connectivity index (χ4v) is 5.32. The monoisotopic (exact) mass is 423 g/mol. The SMILES string of the molecule is O=C(NCc1ccc(-c2ccnc3[nH]c(=O)[nH]c23)cc1F)NCC1CC2CCC(C2)C1. The number of urea groups is 1. The van der Waals surface area contributed by atoms with Crippen LogP contribution in [0.25, 0.3) is 22.3 Å². The maximum absolute atomic E-state index is 14.7. The quantitative estimate of drug-likeness (QED) is 0.503. The average Bonchev–Trinajstić information content (AvgIpc) is 3.31. The van der Waals surface area contributed by atoms with Gasteiger partial charge in [-0.15, -0.1) is 0 Å². The number of amides is 2. The van der Waals surface area contributed by atoms with Crippen molar-refractivity contribution in [2.24, 2.45) is 17.8 Å². The van der Waals surface area contributed by atoms with E-state index in [4.69, 9.17) is 0 Å². The number of H-pyrrole nitrogens is 2. The van der Waals surface area contributed by atoms with Crippen LogP contribution in [0.15, 0.2) is 35.3 Å². The predicted molar refractivity (Wildman–Crippen MR) is 116 cm³/mol. The van der Waals surface area contributed by atoms with Gasteiger partial charge >= 0.3 is 11.7 Å². The number of halogens is 1.